The Morgan fingerprint density at radius 2 is 2.19 bits per heavy atom. The smallest absolute Gasteiger partial charge is 0.107 e. The third kappa shape index (κ3) is 2.60. The van der Waals surface area contributed by atoms with Crippen LogP contribution in [0.4, 0.5) is 0 Å². The molecule has 1 aliphatic carbocycles. The normalized spacial score (nSPS) is 18.4. The summed E-state index contributed by atoms with van der Waals surface area (Å²) in [5, 5.41) is 4.79. The minimum absolute atomic E-state index is 0.529. The molecular formula is C12H20N2S2. The van der Waals surface area contributed by atoms with Gasteiger partial charge in [-0.3, -0.25) is 0 Å². The maximum absolute atomic E-state index is 4.55. The number of aromatic nitrogens is 1. The van der Waals surface area contributed by atoms with Crippen LogP contribution in [0.1, 0.15) is 34.8 Å². The van der Waals surface area contributed by atoms with E-state index >= 15 is 0 Å². The predicted octanol–water partition coefficient (Wildman–Crippen LogP) is 3.14. The lowest BCUT2D eigenvalue weighted by Crippen LogP contribution is -2.43. The van der Waals surface area contributed by atoms with Gasteiger partial charge < -0.3 is 5.32 Å². The summed E-state index contributed by atoms with van der Waals surface area (Å²) >= 11 is 3.84. The van der Waals surface area contributed by atoms with Crippen molar-refractivity contribution in [1.82, 2.24) is 10.3 Å². The van der Waals surface area contributed by atoms with Gasteiger partial charge in [0.25, 0.3) is 0 Å². The first kappa shape index (κ1) is 12.4. The summed E-state index contributed by atoms with van der Waals surface area (Å²) in [5.74, 6) is 0. The van der Waals surface area contributed by atoms with Gasteiger partial charge in [0.2, 0.25) is 0 Å². The molecule has 1 aliphatic rings. The first-order chi connectivity index (χ1) is 7.65. The van der Waals surface area contributed by atoms with Crippen LogP contribution < -0.4 is 5.32 Å². The number of hydrogen-bond acceptors (Lipinski definition) is 4. The highest BCUT2D eigenvalue weighted by atomic mass is 32.2. The van der Waals surface area contributed by atoms with Crippen LogP contribution in [0.2, 0.25) is 0 Å². The summed E-state index contributed by atoms with van der Waals surface area (Å²) in [6.07, 6.45) is 6.38. The van der Waals surface area contributed by atoms with Gasteiger partial charge >= 0.3 is 0 Å². The van der Waals surface area contributed by atoms with Gasteiger partial charge in [-0.05, 0) is 32.9 Å². The highest BCUT2D eigenvalue weighted by Crippen LogP contribution is 2.42. The fourth-order valence-corrected chi connectivity index (χ4v) is 3.88. The van der Waals surface area contributed by atoms with Crippen LogP contribution in [0.3, 0.4) is 0 Å². The fraction of sp³-hybridized carbons (Fsp3) is 0.750. The van der Waals surface area contributed by atoms with E-state index in [4.69, 9.17) is 0 Å². The molecule has 0 aliphatic heterocycles. The van der Waals surface area contributed by atoms with Crippen LogP contribution in [0.15, 0.2) is 0 Å². The van der Waals surface area contributed by atoms with Crippen LogP contribution in [0, 0.1) is 13.8 Å². The van der Waals surface area contributed by atoms with Crippen LogP contribution >= 0.6 is 23.1 Å². The van der Waals surface area contributed by atoms with Crippen LogP contribution in [0.5, 0.6) is 0 Å². The fourth-order valence-electron chi connectivity index (χ4n) is 2.04. The zero-order valence-corrected chi connectivity index (χ0v) is 11.9. The van der Waals surface area contributed by atoms with Crippen molar-refractivity contribution in [2.24, 2.45) is 0 Å². The second-order valence-corrected chi connectivity index (χ2v) is 7.16. The van der Waals surface area contributed by atoms with Gasteiger partial charge in [0.05, 0.1) is 5.69 Å². The largest absolute Gasteiger partial charge is 0.309 e. The maximum Gasteiger partial charge on any atom is 0.107 e. The van der Waals surface area contributed by atoms with E-state index in [0.29, 0.717) is 4.75 Å². The second-order valence-electron chi connectivity index (χ2n) is 4.59. The molecular weight excluding hydrogens is 236 g/mol. The minimum Gasteiger partial charge on any atom is -0.309 e. The summed E-state index contributed by atoms with van der Waals surface area (Å²) in [7, 11) is 0. The van der Waals surface area contributed by atoms with E-state index in [9.17, 15) is 0 Å². The number of nitrogens with one attached hydrogen (secondary N) is 1. The van der Waals surface area contributed by atoms with E-state index in [2.05, 4.69) is 30.4 Å². The van der Waals surface area contributed by atoms with E-state index in [0.717, 1.165) is 13.1 Å². The molecule has 0 aromatic carbocycles. The van der Waals surface area contributed by atoms with Crippen molar-refractivity contribution in [3.63, 3.8) is 0 Å². The van der Waals surface area contributed by atoms with Crippen molar-refractivity contribution in [2.45, 2.75) is 44.4 Å². The van der Waals surface area contributed by atoms with Crippen molar-refractivity contribution in [2.75, 3.05) is 12.8 Å². The van der Waals surface area contributed by atoms with Gasteiger partial charge in [-0.2, -0.15) is 11.8 Å². The van der Waals surface area contributed by atoms with Gasteiger partial charge in [0.1, 0.15) is 5.01 Å². The molecule has 1 aromatic rings. The molecule has 0 unspecified atom stereocenters. The average molecular weight is 256 g/mol. The Morgan fingerprint density at radius 1 is 1.44 bits per heavy atom. The molecule has 1 fully saturated rings. The summed E-state index contributed by atoms with van der Waals surface area (Å²) in [4.78, 5) is 5.90. The Bertz CT molecular complexity index is 331. The van der Waals surface area contributed by atoms with Crippen LogP contribution in [-0.4, -0.2) is 22.5 Å². The predicted molar refractivity (Wildman–Crippen MR) is 73.4 cm³/mol. The van der Waals surface area contributed by atoms with Crippen molar-refractivity contribution < 1.29 is 0 Å². The molecule has 1 saturated carbocycles. The lowest BCUT2D eigenvalue weighted by Gasteiger charge is -2.40. The van der Waals surface area contributed by atoms with E-state index in [1.54, 1.807) is 0 Å². The molecule has 16 heavy (non-hydrogen) atoms. The Labute approximate surface area is 106 Å². The van der Waals surface area contributed by atoms with Crippen LogP contribution in [0.25, 0.3) is 0 Å². The SMILES string of the molecule is CSC1(CNCc2nc(C)c(C)s2)CCC1. The molecule has 0 atom stereocenters. The molecule has 0 bridgehead atoms. The molecule has 2 rings (SSSR count). The number of thiazole rings is 1. The number of hydrogen-bond donors (Lipinski definition) is 1. The lowest BCUT2D eigenvalue weighted by atomic mass is 9.84. The number of thioether (sulfide) groups is 1. The minimum atomic E-state index is 0.529. The molecule has 2 nitrogen and oxygen atoms in total. The average Bonchev–Trinajstić information content (AvgIpc) is 2.51. The van der Waals surface area contributed by atoms with Gasteiger partial charge in [0, 0.05) is 22.7 Å². The maximum atomic E-state index is 4.55. The summed E-state index contributed by atoms with van der Waals surface area (Å²) in [6, 6.07) is 0. The third-order valence-electron chi connectivity index (χ3n) is 3.49. The second kappa shape index (κ2) is 5.07. The number of nitrogens with zero attached hydrogens (tertiary/aromatic N) is 1. The van der Waals surface area contributed by atoms with Gasteiger partial charge in [0.15, 0.2) is 0 Å². The van der Waals surface area contributed by atoms with Crippen molar-refractivity contribution in [3.05, 3.63) is 15.6 Å². The third-order valence-corrected chi connectivity index (χ3v) is 5.99. The Morgan fingerprint density at radius 3 is 2.62 bits per heavy atom. The van der Waals surface area contributed by atoms with Crippen LogP contribution in [-0.2, 0) is 6.54 Å². The van der Waals surface area contributed by atoms with Crippen molar-refractivity contribution in [1.29, 1.82) is 0 Å². The summed E-state index contributed by atoms with van der Waals surface area (Å²) in [6.45, 7) is 6.30. The quantitative estimate of drug-likeness (QED) is 0.876. The molecule has 4 heteroatoms. The van der Waals surface area contributed by atoms with E-state index in [-0.39, 0.29) is 0 Å². The summed E-state index contributed by atoms with van der Waals surface area (Å²) in [5.41, 5.74) is 1.19. The van der Waals surface area contributed by atoms with Gasteiger partial charge in [-0.1, -0.05) is 6.42 Å². The Hall–Kier alpha value is -0.0600. The Kier molecular flexibility index (Phi) is 3.93. The molecule has 0 amide bonds. The molecule has 0 radical (unpaired) electrons. The lowest BCUT2D eigenvalue weighted by molar-refractivity contribution is 0.345. The monoisotopic (exact) mass is 256 g/mol. The highest BCUT2D eigenvalue weighted by Gasteiger charge is 2.35. The first-order valence-corrected chi connectivity index (χ1v) is 7.88. The van der Waals surface area contributed by atoms with Crippen molar-refractivity contribution in [3.8, 4) is 0 Å². The van der Waals surface area contributed by atoms with Crippen molar-refractivity contribution >= 4 is 23.1 Å². The molecule has 90 valence electrons. The molecule has 1 heterocycles. The molecule has 0 spiro atoms. The molecule has 0 saturated heterocycles. The van der Waals surface area contributed by atoms with Gasteiger partial charge in [-0.25, -0.2) is 4.98 Å². The topological polar surface area (TPSA) is 24.9 Å². The van der Waals surface area contributed by atoms with E-state index in [1.165, 1.54) is 34.8 Å². The summed E-state index contributed by atoms with van der Waals surface area (Å²) < 4.78 is 0.529. The molecule has 1 N–H and O–H groups in total. The van der Waals surface area contributed by atoms with E-state index in [1.807, 2.05) is 23.1 Å². The zero-order valence-electron chi connectivity index (χ0n) is 10.3. The van der Waals surface area contributed by atoms with E-state index < -0.39 is 0 Å². The highest BCUT2D eigenvalue weighted by molar-refractivity contribution is 8.00. The number of rotatable bonds is 5. The number of aryl methyl sites for hydroxylation is 2. The Balaban J connectivity index is 1.79. The first-order valence-electron chi connectivity index (χ1n) is 5.84. The van der Waals surface area contributed by atoms with Gasteiger partial charge in [-0.15, -0.1) is 11.3 Å². The zero-order chi connectivity index (χ0) is 11.6. The molecule has 1 aromatic heterocycles. The standard InChI is InChI=1S/C12H20N2S2/c1-9-10(2)16-11(14-9)7-13-8-12(15-3)5-4-6-12/h13H,4-8H2,1-3H3.